The van der Waals surface area contributed by atoms with Gasteiger partial charge in [-0.25, -0.2) is 4.58 Å². The number of Topliss-reactive ketones (excluding diaryl/α,β-unsaturated/α-hetero) is 1. The molecule has 3 nitrogen and oxygen atoms in total. The van der Waals surface area contributed by atoms with E-state index in [2.05, 4.69) is 34.4 Å². The van der Waals surface area contributed by atoms with E-state index in [1.165, 1.54) is 11.4 Å². The van der Waals surface area contributed by atoms with Gasteiger partial charge in [-0.15, -0.1) is 0 Å². The maximum atomic E-state index is 12.4. The minimum absolute atomic E-state index is 0.191. The van der Waals surface area contributed by atoms with Gasteiger partial charge in [0, 0.05) is 18.2 Å². The molecule has 102 valence electrons. The Kier molecular flexibility index (Phi) is 3.50. The Labute approximate surface area is 119 Å². The normalized spacial score (nSPS) is 14.2. The van der Waals surface area contributed by atoms with Crippen LogP contribution in [0, 0.1) is 0 Å². The SMILES string of the molecule is CCC1=[N+](CC(=O)c2ccccc2)CCn2cccc21. The molecule has 0 saturated heterocycles. The van der Waals surface area contributed by atoms with Gasteiger partial charge >= 0.3 is 0 Å². The van der Waals surface area contributed by atoms with Gasteiger partial charge in [0.05, 0.1) is 6.54 Å². The molecule has 20 heavy (non-hydrogen) atoms. The van der Waals surface area contributed by atoms with Gasteiger partial charge in [0.1, 0.15) is 5.69 Å². The molecule has 0 fully saturated rings. The zero-order valence-corrected chi connectivity index (χ0v) is 11.7. The van der Waals surface area contributed by atoms with Crippen LogP contribution in [0.3, 0.4) is 0 Å². The summed E-state index contributed by atoms with van der Waals surface area (Å²) in [4.78, 5) is 12.4. The lowest BCUT2D eigenvalue weighted by Gasteiger charge is -2.17. The second kappa shape index (κ2) is 5.45. The van der Waals surface area contributed by atoms with E-state index in [-0.39, 0.29) is 5.78 Å². The van der Waals surface area contributed by atoms with Gasteiger partial charge in [-0.3, -0.25) is 4.79 Å². The van der Waals surface area contributed by atoms with Crippen molar-refractivity contribution in [1.29, 1.82) is 0 Å². The molecular formula is C17H19N2O+. The van der Waals surface area contributed by atoms with Crippen LogP contribution in [-0.4, -0.2) is 33.7 Å². The second-order valence-electron chi connectivity index (χ2n) is 5.10. The van der Waals surface area contributed by atoms with Gasteiger partial charge in [-0.2, -0.15) is 0 Å². The van der Waals surface area contributed by atoms with E-state index in [0.29, 0.717) is 6.54 Å². The average Bonchev–Trinajstić information content (AvgIpc) is 2.96. The largest absolute Gasteiger partial charge is 0.337 e. The molecule has 0 unspecified atom stereocenters. The van der Waals surface area contributed by atoms with Crippen LogP contribution in [0.5, 0.6) is 0 Å². The molecular weight excluding hydrogens is 248 g/mol. The van der Waals surface area contributed by atoms with Crippen LogP contribution in [0.2, 0.25) is 0 Å². The van der Waals surface area contributed by atoms with Crippen molar-refractivity contribution in [2.45, 2.75) is 19.9 Å². The topological polar surface area (TPSA) is 25.0 Å². The Hall–Kier alpha value is -2.16. The highest BCUT2D eigenvalue weighted by Crippen LogP contribution is 2.12. The van der Waals surface area contributed by atoms with Crippen molar-refractivity contribution in [2.24, 2.45) is 0 Å². The third-order valence-corrected chi connectivity index (χ3v) is 3.88. The van der Waals surface area contributed by atoms with Crippen LogP contribution < -0.4 is 0 Å². The summed E-state index contributed by atoms with van der Waals surface area (Å²) in [5.74, 6) is 0.191. The Bertz CT molecular complexity index is 653. The molecule has 3 rings (SSSR count). The highest BCUT2D eigenvalue weighted by molar-refractivity contribution is 5.99. The highest BCUT2D eigenvalue weighted by atomic mass is 16.1. The maximum absolute atomic E-state index is 12.4. The lowest BCUT2D eigenvalue weighted by Crippen LogP contribution is -2.35. The van der Waals surface area contributed by atoms with E-state index in [9.17, 15) is 4.79 Å². The first-order valence-corrected chi connectivity index (χ1v) is 7.14. The molecule has 1 aromatic carbocycles. The number of aromatic nitrogens is 1. The molecule has 0 amide bonds. The number of nitrogens with zero attached hydrogens (tertiary/aromatic N) is 2. The first-order chi connectivity index (χ1) is 9.79. The van der Waals surface area contributed by atoms with Gasteiger partial charge in [-0.1, -0.05) is 37.3 Å². The average molecular weight is 267 g/mol. The second-order valence-corrected chi connectivity index (χ2v) is 5.10. The molecule has 2 aromatic rings. The van der Waals surface area contributed by atoms with E-state index in [1.54, 1.807) is 0 Å². The van der Waals surface area contributed by atoms with Gasteiger partial charge in [0.15, 0.2) is 12.3 Å². The van der Waals surface area contributed by atoms with E-state index >= 15 is 0 Å². The minimum Gasteiger partial charge on any atom is -0.337 e. The molecule has 0 N–H and O–H groups in total. The summed E-state index contributed by atoms with van der Waals surface area (Å²) >= 11 is 0. The van der Waals surface area contributed by atoms with Crippen molar-refractivity contribution in [3.63, 3.8) is 0 Å². The standard InChI is InChI=1S/C17H19N2O/c1-2-15-16-9-6-10-18(16)11-12-19(15)13-17(20)14-7-4-3-5-8-14/h3-10H,2,11-13H2,1H3/q+1. The quantitative estimate of drug-likeness (QED) is 0.617. The van der Waals surface area contributed by atoms with Crippen molar-refractivity contribution < 1.29 is 9.37 Å². The zero-order valence-electron chi connectivity index (χ0n) is 11.7. The fourth-order valence-electron chi connectivity index (χ4n) is 2.86. The monoisotopic (exact) mass is 267 g/mol. The fourth-order valence-corrected chi connectivity index (χ4v) is 2.86. The molecule has 0 aliphatic carbocycles. The molecule has 0 saturated carbocycles. The molecule has 1 aliphatic rings. The summed E-state index contributed by atoms with van der Waals surface area (Å²) in [5.41, 5.74) is 3.31. The zero-order chi connectivity index (χ0) is 13.9. The predicted octanol–water partition coefficient (Wildman–Crippen LogP) is 2.60. The van der Waals surface area contributed by atoms with Gasteiger partial charge in [-0.05, 0) is 12.1 Å². The van der Waals surface area contributed by atoms with Gasteiger partial charge in [0.25, 0.3) is 0 Å². The molecule has 0 spiro atoms. The number of hydrogen-bond donors (Lipinski definition) is 0. The van der Waals surface area contributed by atoms with E-state index in [4.69, 9.17) is 0 Å². The smallest absolute Gasteiger partial charge is 0.227 e. The Morgan fingerprint density at radius 2 is 2.00 bits per heavy atom. The summed E-state index contributed by atoms with van der Waals surface area (Å²) in [5, 5.41) is 0. The van der Waals surface area contributed by atoms with E-state index in [0.717, 1.165) is 25.1 Å². The molecule has 0 atom stereocenters. The molecule has 2 heterocycles. The van der Waals surface area contributed by atoms with Gasteiger partial charge < -0.3 is 4.57 Å². The Balaban J connectivity index is 1.89. The summed E-state index contributed by atoms with van der Waals surface area (Å²) in [6.45, 7) is 4.48. The van der Waals surface area contributed by atoms with Crippen LogP contribution in [0.1, 0.15) is 29.4 Å². The fraction of sp³-hybridized carbons (Fsp3) is 0.294. The Morgan fingerprint density at radius 1 is 1.20 bits per heavy atom. The molecule has 1 aromatic heterocycles. The summed E-state index contributed by atoms with van der Waals surface area (Å²) in [6.07, 6.45) is 3.06. The number of carbonyl (C=O) groups is 1. The minimum atomic E-state index is 0.191. The number of rotatable bonds is 4. The number of fused-ring (bicyclic) bond motifs is 1. The molecule has 0 radical (unpaired) electrons. The summed E-state index contributed by atoms with van der Waals surface area (Å²) in [6, 6.07) is 13.8. The van der Waals surface area contributed by atoms with Crippen molar-refractivity contribution >= 4 is 11.5 Å². The van der Waals surface area contributed by atoms with Crippen LogP contribution >= 0.6 is 0 Å². The van der Waals surface area contributed by atoms with Crippen LogP contribution in [0.25, 0.3) is 0 Å². The van der Waals surface area contributed by atoms with E-state index in [1.807, 2.05) is 30.3 Å². The molecule has 1 aliphatic heterocycles. The number of benzene rings is 1. The third-order valence-electron chi connectivity index (χ3n) is 3.88. The predicted molar refractivity (Wildman–Crippen MR) is 79.6 cm³/mol. The number of ketones is 1. The summed E-state index contributed by atoms with van der Waals surface area (Å²) < 4.78 is 4.49. The van der Waals surface area contributed by atoms with Crippen LogP contribution in [0.4, 0.5) is 0 Å². The van der Waals surface area contributed by atoms with Crippen molar-refractivity contribution in [3.05, 3.63) is 59.9 Å². The van der Waals surface area contributed by atoms with Crippen molar-refractivity contribution in [1.82, 2.24) is 4.57 Å². The third kappa shape index (κ3) is 2.31. The van der Waals surface area contributed by atoms with Crippen LogP contribution in [-0.2, 0) is 6.54 Å². The Morgan fingerprint density at radius 3 is 2.75 bits per heavy atom. The van der Waals surface area contributed by atoms with Crippen molar-refractivity contribution in [2.75, 3.05) is 13.1 Å². The maximum Gasteiger partial charge on any atom is 0.227 e. The first kappa shape index (κ1) is 12.9. The lowest BCUT2D eigenvalue weighted by molar-refractivity contribution is -0.519. The highest BCUT2D eigenvalue weighted by Gasteiger charge is 2.25. The lowest BCUT2D eigenvalue weighted by atomic mass is 10.1. The summed E-state index contributed by atoms with van der Waals surface area (Å²) in [7, 11) is 0. The number of hydrogen-bond acceptors (Lipinski definition) is 1. The molecule has 0 bridgehead atoms. The van der Waals surface area contributed by atoms with E-state index < -0.39 is 0 Å². The van der Waals surface area contributed by atoms with Gasteiger partial charge in [0.2, 0.25) is 12.3 Å². The number of carbonyl (C=O) groups excluding carboxylic acids is 1. The van der Waals surface area contributed by atoms with Crippen molar-refractivity contribution in [3.8, 4) is 0 Å². The van der Waals surface area contributed by atoms with Crippen LogP contribution in [0.15, 0.2) is 48.7 Å². The molecule has 3 heteroatoms. The first-order valence-electron chi connectivity index (χ1n) is 7.14.